The van der Waals surface area contributed by atoms with Crippen molar-refractivity contribution in [3.63, 3.8) is 0 Å². The third-order valence-electron chi connectivity index (χ3n) is 5.00. The summed E-state index contributed by atoms with van der Waals surface area (Å²) in [6.07, 6.45) is -2.24. The van der Waals surface area contributed by atoms with E-state index in [2.05, 4.69) is 10.3 Å². The number of nitrogens with two attached hydrogens (primary N) is 1. The Morgan fingerprint density at radius 2 is 1.97 bits per heavy atom. The molecule has 1 saturated carbocycles. The summed E-state index contributed by atoms with van der Waals surface area (Å²) in [6.45, 7) is 0.242. The summed E-state index contributed by atoms with van der Waals surface area (Å²) in [5, 5.41) is 20.9. The fraction of sp³-hybridized carbons (Fsp3) is 0.368. The maximum Gasteiger partial charge on any atom is 0.488 e. The van der Waals surface area contributed by atoms with Gasteiger partial charge in [0.25, 0.3) is 5.91 Å². The van der Waals surface area contributed by atoms with Crippen LogP contribution in [0.5, 0.6) is 0 Å². The molecule has 1 aromatic heterocycles. The predicted molar refractivity (Wildman–Crippen MR) is 104 cm³/mol. The molecule has 1 amide bonds. The molecule has 160 valence electrons. The average molecular weight is 423 g/mol. The number of amides is 1. The number of nitrogens with one attached hydrogen (secondary N) is 1. The number of nitrogens with zero attached hydrogens (tertiary/aromatic N) is 1. The standard InChI is InChI=1S/C19H21BF3N3O4/c21-19(22,23)12-8-14(17(24)25-9-12)18(27)26-15-2-1-3-16(15)30-10-11-4-6-13(7-5-11)20(28)29/h4-9,15-16,28-29H,1-3,10H2,(H2,24,25)(H,26,27)/t15-,16-/m0/s1. The van der Waals surface area contributed by atoms with Crippen LogP contribution in [0.2, 0.25) is 0 Å². The number of hydrogen-bond donors (Lipinski definition) is 4. The number of rotatable bonds is 6. The van der Waals surface area contributed by atoms with Gasteiger partial charge in [-0.2, -0.15) is 13.2 Å². The molecule has 0 aliphatic heterocycles. The fourth-order valence-corrected chi connectivity index (χ4v) is 3.34. The maximum atomic E-state index is 12.9. The zero-order valence-electron chi connectivity index (χ0n) is 15.9. The number of benzene rings is 1. The van der Waals surface area contributed by atoms with Crippen molar-refractivity contribution in [1.82, 2.24) is 10.3 Å². The molecular formula is C19H21BF3N3O4. The van der Waals surface area contributed by atoms with Gasteiger partial charge >= 0.3 is 13.3 Å². The zero-order chi connectivity index (χ0) is 21.9. The summed E-state index contributed by atoms with van der Waals surface area (Å²) >= 11 is 0. The monoisotopic (exact) mass is 423 g/mol. The fourth-order valence-electron chi connectivity index (χ4n) is 3.34. The highest BCUT2D eigenvalue weighted by molar-refractivity contribution is 6.58. The lowest BCUT2D eigenvalue weighted by molar-refractivity contribution is -0.137. The van der Waals surface area contributed by atoms with E-state index in [-0.39, 0.29) is 30.1 Å². The normalized spacial score (nSPS) is 19.0. The number of alkyl halides is 3. The number of carbonyl (C=O) groups excluding carboxylic acids is 1. The first kappa shape index (κ1) is 22.1. The Labute approximate surface area is 171 Å². The van der Waals surface area contributed by atoms with E-state index in [0.717, 1.165) is 12.0 Å². The molecule has 2 aromatic rings. The lowest BCUT2D eigenvalue weighted by atomic mass is 9.80. The second kappa shape index (κ2) is 9.03. The Kier molecular flexibility index (Phi) is 6.64. The van der Waals surface area contributed by atoms with Crippen LogP contribution in [0.3, 0.4) is 0 Å². The van der Waals surface area contributed by atoms with E-state index in [4.69, 9.17) is 20.5 Å². The zero-order valence-corrected chi connectivity index (χ0v) is 15.9. The van der Waals surface area contributed by atoms with E-state index in [0.29, 0.717) is 30.6 Å². The number of anilines is 1. The van der Waals surface area contributed by atoms with Crippen molar-refractivity contribution in [2.75, 3.05) is 5.73 Å². The molecule has 0 unspecified atom stereocenters. The minimum atomic E-state index is -4.63. The van der Waals surface area contributed by atoms with Gasteiger partial charge in [0.05, 0.1) is 29.9 Å². The van der Waals surface area contributed by atoms with E-state index < -0.39 is 24.8 Å². The Balaban J connectivity index is 1.63. The number of pyridine rings is 1. The number of halogens is 3. The minimum absolute atomic E-state index is 0.242. The van der Waals surface area contributed by atoms with Crippen LogP contribution in [0.1, 0.15) is 40.7 Å². The van der Waals surface area contributed by atoms with Crippen LogP contribution < -0.4 is 16.5 Å². The molecule has 1 aliphatic carbocycles. The lowest BCUT2D eigenvalue weighted by Crippen LogP contribution is -2.41. The molecule has 0 radical (unpaired) electrons. The van der Waals surface area contributed by atoms with Crippen LogP contribution >= 0.6 is 0 Å². The second-order valence-electron chi connectivity index (χ2n) is 7.13. The minimum Gasteiger partial charge on any atom is -0.423 e. The molecule has 0 saturated heterocycles. The molecule has 1 heterocycles. The molecule has 0 bridgehead atoms. The number of ether oxygens (including phenoxy) is 1. The van der Waals surface area contributed by atoms with Gasteiger partial charge in [-0.3, -0.25) is 4.79 Å². The van der Waals surface area contributed by atoms with Crippen molar-refractivity contribution in [1.29, 1.82) is 0 Å². The SMILES string of the molecule is Nc1ncc(C(F)(F)F)cc1C(=O)N[C@H]1CCC[C@@H]1OCc1ccc(B(O)O)cc1. The van der Waals surface area contributed by atoms with E-state index in [1.807, 2.05) is 0 Å². The van der Waals surface area contributed by atoms with Gasteiger partial charge in [-0.05, 0) is 36.4 Å². The van der Waals surface area contributed by atoms with Gasteiger partial charge in [0.2, 0.25) is 0 Å². The number of aromatic nitrogens is 1. The molecule has 3 rings (SSSR count). The molecule has 1 fully saturated rings. The number of carbonyl (C=O) groups is 1. The van der Waals surface area contributed by atoms with Crippen LogP contribution in [-0.4, -0.2) is 40.2 Å². The molecule has 11 heteroatoms. The first-order valence-electron chi connectivity index (χ1n) is 9.35. The van der Waals surface area contributed by atoms with E-state index in [1.165, 1.54) is 0 Å². The first-order chi connectivity index (χ1) is 14.1. The van der Waals surface area contributed by atoms with Gasteiger partial charge in [0.1, 0.15) is 5.82 Å². The number of nitrogen functional groups attached to an aromatic ring is 1. The summed E-state index contributed by atoms with van der Waals surface area (Å²) in [6, 6.07) is 6.87. The molecule has 1 aliphatic rings. The van der Waals surface area contributed by atoms with Crippen molar-refractivity contribution in [2.24, 2.45) is 0 Å². The average Bonchev–Trinajstić information content (AvgIpc) is 3.13. The summed E-state index contributed by atoms with van der Waals surface area (Å²) in [5.41, 5.74) is 5.40. The highest BCUT2D eigenvalue weighted by Gasteiger charge is 2.34. The smallest absolute Gasteiger partial charge is 0.423 e. The third kappa shape index (κ3) is 5.29. The van der Waals surface area contributed by atoms with Gasteiger partial charge < -0.3 is 25.8 Å². The quantitative estimate of drug-likeness (QED) is 0.520. The Bertz CT molecular complexity index is 894. The predicted octanol–water partition coefficient (Wildman–Crippen LogP) is 1.23. The van der Waals surface area contributed by atoms with Crippen LogP contribution in [0.25, 0.3) is 0 Å². The van der Waals surface area contributed by atoms with Gasteiger partial charge in [-0.1, -0.05) is 24.3 Å². The largest absolute Gasteiger partial charge is 0.488 e. The van der Waals surface area contributed by atoms with Gasteiger partial charge in [0.15, 0.2) is 0 Å². The summed E-state index contributed by atoms with van der Waals surface area (Å²) in [5.74, 6) is -1.00. The highest BCUT2D eigenvalue weighted by Crippen LogP contribution is 2.30. The van der Waals surface area contributed by atoms with Crippen LogP contribution in [0.4, 0.5) is 19.0 Å². The topological polar surface area (TPSA) is 118 Å². The third-order valence-corrected chi connectivity index (χ3v) is 5.00. The lowest BCUT2D eigenvalue weighted by Gasteiger charge is -2.22. The van der Waals surface area contributed by atoms with Crippen molar-refractivity contribution in [3.05, 3.63) is 53.2 Å². The molecule has 30 heavy (non-hydrogen) atoms. The van der Waals surface area contributed by atoms with Crippen LogP contribution in [-0.2, 0) is 17.5 Å². The maximum absolute atomic E-state index is 12.9. The molecule has 1 aromatic carbocycles. The first-order valence-corrected chi connectivity index (χ1v) is 9.35. The van der Waals surface area contributed by atoms with Crippen LogP contribution in [0.15, 0.2) is 36.5 Å². The van der Waals surface area contributed by atoms with E-state index >= 15 is 0 Å². The van der Waals surface area contributed by atoms with Crippen molar-refractivity contribution in [3.8, 4) is 0 Å². The molecular weight excluding hydrogens is 402 g/mol. The molecule has 2 atom stereocenters. The van der Waals surface area contributed by atoms with Crippen molar-refractivity contribution in [2.45, 2.75) is 44.2 Å². The molecule has 7 nitrogen and oxygen atoms in total. The second-order valence-corrected chi connectivity index (χ2v) is 7.13. The summed E-state index contributed by atoms with van der Waals surface area (Å²) in [7, 11) is -1.55. The van der Waals surface area contributed by atoms with E-state index in [9.17, 15) is 18.0 Å². The summed E-state index contributed by atoms with van der Waals surface area (Å²) in [4.78, 5) is 16.0. The Morgan fingerprint density at radius 1 is 1.27 bits per heavy atom. The summed E-state index contributed by atoms with van der Waals surface area (Å²) < 4.78 is 44.6. The molecule has 0 spiro atoms. The van der Waals surface area contributed by atoms with Gasteiger partial charge in [-0.25, -0.2) is 4.98 Å². The van der Waals surface area contributed by atoms with Crippen LogP contribution in [0, 0.1) is 0 Å². The Hall–Kier alpha value is -2.63. The highest BCUT2D eigenvalue weighted by atomic mass is 19.4. The van der Waals surface area contributed by atoms with E-state index in [1.54, 1.807) is 24.3 Å². The Morgan fingerprint density at radius 3 is 2.60 bits per heavy atom. The van der Waals surface area contributed by atoms with Gasteiger partial charge in [-0.15, -0.1) is 0 Å². The molecule has 5 N–H and O–H groups in total. The van der Waals surface area contributed by atoms with Gasteiger partial charge in [0, 0.05) is 6.20 Å². The van der Waals surface area contributed by atoms with Crippen molar-refractivity contribution < 1.29 is 32.8 Å². The number of hydrogen-bond acceptors (Lipinski definition) is 6. The van der Waals surface area contributed by atoms with Crippen molar-refractivity contribution >= 4 is 24.3 Å².